The van der Waals surface area contributed by atoms with Gasteiger partial charge in [-0.15, -0.1) is 0 Å². The van der Waals surface area contributed by atoms with E-state index in [2.05, 4.69) is 147 Å². The molecule has 0 radical (unpaired) electrons. The van der Waals surface area contributed by atoms with Crippen molar-refractivity contribution in [1.29, 1.82) is 10.5 Å². The minimum absolute atomic E-state index is 0.333. The van der Waals surface area contributed by atoms with E-state index in [1.165, 1.54) is 11.1 Å². The van der Waals surface area contributed by atoms with Gasteiger partial charge in [-0.3, -0.25) is 0 Å². The summed E-state index contributed by atoms with van der Waals surface area (Å²) in [5, 5.41) is 27.7. The van der Waals surface area contributed by atoms with E-state index >= 15 is 0 Å². The molecule has 0 saturated heterocycles. The Morgan fingerprint density at radius 1 is 0.383 bits per heavy atom. The quantitative estimate of drug-likeness (QED) is 0.174. The summed E-state index contributed by atoms with van der Waals surface area (Å²) in [7, 11) is 0. The van der Waals surface area contributed by atoms with Gasteiger partial charge in [0.2, 0.25) is 0 Å². The van der Waals surface area contributed by atoms with Crippen LogP contribution in [0, 0.1) is 22.7 Å². The van der Waals surface area contributed by atoms with Crippen molar-refractivity contribution in [2.75, 3.05) is 9.80 Å². The second kappa shape index (κ2) is 11.9. The number of nitriles is 2. The van der Waals surface area contributed by atoms with Crippen LogP contribution in [0.1, 0.15) is 61.1 Å². The van der Waals surface area contributed by atoms with Crippen molar-refractivity contribution < 1.29 is 8.83 Å². The van der Waals surface area contributed by atoms with Crippen molar-refractivity contribution in [3.8, 4) is 12.1 Å². The summed E-state index contributed by atoms with van der Waals surface area (Å²) in [6.45, 7) is 9.07. The second-order valence-corrected chi connectivity index (χ2v) is 17.2. The maximum atomic E-state index is 11.0. The van der Waals surface area contributed by atoms with E-state index in [9.17, 15) is 10.5 Å². The summed E-state index contributed by atoms with van der Waals surface area (Å²) < 4.78 is 12.9. The van der Waals surface area contributed by atoms with E-state index in [0.29, 0.717) is 21.9 Å². The second-order valence-electron chi connectivity index (χ2n) is 17.2. The number of hydrogen-bond acceptors (Lipinski definition) is 6. The fourth-order valence-electron chi connectivity index (χ4n) is 10.3. The highest BCUT2D eigenvalue weighted by molar-refractivity contribution is 6.10. The maximum absolute atomic E-state index is 11.0. The van der Waals surface area contributed by atoms with Crippen LogP contribution in [0.5, 0.6) is 0 Å². The minimum atomic E-state index is -0.333. The van der Waals surface area contributed by atoms with Crippen molar-refractivity contribution in [2.45, 2.75) is 38.5 Å². The molecule has 0 saturated carbocycles. The Hall–Kier alpha value is -7.80. The molecule has 6 nitrogen and oxygen atoms in total. The monoisotopic (exact) mass is 772 g/mol. The fourth-order valence-corrected chi connectivity index (χ4v) is 10.3. The molecule has 6 heteroatoms. The Morgan fingerprint density at radius 3 is 1.22 bits per heavy atom. The number of anilines is 6. The number of furan rings is 2. The molecule has 0 N–H and O–H groups in total. The van der Waals surface area contributed by atoms with Crippen LogP contribution in [0.2, 0.25) is 0 Å². The molecule has 0 atom stereocenters. The summed E-state index contributed by atoms with van der Waals surface area (Å²) >= 11 is 0. The topological polar surface area (TPSA) is 80.3 Å². The van der Waals surface area contributed by atoms with Gasteiger partial charge in [-0.1, -0.05) is 100 Å². The number of hydrogen-bond donors (Lipinski definition) is 0. The van der Waals surface area contributed by atoms with Gasteiger partial charge in [-0.2, -0.15) is 10.5 Å². The van der Waals surface area contributed by atoms with Gasteiger partial charge in [0.15, 0.2) is 0 Å². The molecule has 12 rings (SSSR count). The van der Waals surface area contributed by atoms with Gasteiger partial charge in [0, 0.05) is 66.7 Å². The highest BCUT2D eigenvalue weighted by atomic mass is 16.3. The number of nitrogens with zero attached hydrogens (tertiary/aromatic N) is 4. The first kappa shape index (κ1) is 34.3. The van der Waals surface area contributed by atoms with Crippen molar-refractivity contribution in [3.05, 3.63) is 179 Å². The molecule has 0 aliphatic carbocycles. The third-order valence-corrected chi connectivity index (χ3v) is 13.3. The average molecular weight is 773 g/mol. The van der Waals surface area contributed by atoms with Crippen LogP contribution < -0.4 is 9.80 Å². The van der Waals surface area contributed by atoms with E-state index in [-0.39, 0.29) is 10.8 Å². The van der Waals surface area contributed by atoms with Crippen LogP contribution >= 0.6 is 0 Å². The lowest BCUT2D eigenvalue weighted by Crippen LogP contribution is -2.30. The molecule has 0 fully saturated rings. The van der Waals surface area contributed by atoms with Gasteiger partial charge >= 0.3 is 0 Å². The van der Waals surface area contributed by atoms with Crippen LogP contribution in [0.25, 0.3) is 54.6 Å². The highest BCUT2D eigenvalue weighted by Crippen LogP contribution is 2.56. The van der Waals surface area contributed by atoms with Crippen LogP contribution in [0.3, 0.4) is 0 Å². The standard InChI is InChI=1S/C54H36N4O2/c1-53(2)41-15-7-9-17-45(41)57(47-27-51-39(25-43(47)53)35-13-5-11-19-49(35)59-51)33-21-31(29-55)38-24-34(22-32(30-56)37(38)23-33)58-46-18-10-8-16-42(46)54(3,4)44-26-40-36-14-6-12-20-50(36)60-52(40)28-48(44)58/h5-28H,1-4H3. The summed E-state index contributed by atoms with van der Waals surface area (Å²) in [6.07, 6.45) is 0. The maximum Gasteiger partial charge on any atom is 0.137 e. The predicted molar refractivity (Wildman–Crippen MR) is 242 cm³/mol. The number of rotatable bonds is 2. The summed E-state index contributed by atoms with van der Waals surface area (Å²) in [5.74, 6) is 0. The molecule has 4 heterocycles. The predicted octanol–water partition coefficient (Wildman–Crippen LogP) is 14.6. The third kappa shape index (κ3) is 4.51. The van der Waals surface area contributed by atoms with Crippen molar-refractivity contribution >= 4 is 88.8 Å². The first-order valence-electron chi connectivity index (χ1n) is 20.3. The molecule has 284 valence electrons. The van der Waals surface area contributed by atoms with Gasteiger partial charge in [0.05, 0.1) is 46.0 Å². The van der Waals surface area contributed by atoms with E-state index in [1.807, 2.05) is 48.5 Å². The zero-order chi connectivity index (χ0) is 40.7. The molecule has 10 aromatic rings. The average Bonchev–Trinajstić information content (AvgIpc) is 3.82. The van der Waals surface area contributed by atoms with Crippen molar-refractivity contribution in [3.63, 3.8) is 0 Å². The third-order valence-electron chi connectivity index (χ3n) is 13.3. The Balaban J connectivity index is 1.09. The van der Waals surface area contributed by atoms with Gasteiger partial charge in [0.1, 0.15) is 22.3 Å². The lowest BCUT2D eigenvalue weighted by molar-refractivity contribution is 0.630. The van der Waals surface area contributed by atoms with Crippen molar-refractivity contribution in [2.24, 2.45) is 0 Å². The molecule has 2 aromatic heterocycles. The van der Waals surface area contributed by atoms with Crippen LogP contribution in [0.15, 0.2) is 154 Å². The highest BCUT2D eigenvalue weighted by Gasteiger charge is 2.40. The first-order valence-corrected chi connectivity index (χ1v) is 20.3. The van der Waals surface area contributed by atoms with E-state index < -0.39 is 0 Å². The van der Waals surface area contributed by atoms with Crippen LogP contribution in [-0.2, 0) is 10.8 Å². The van der Waals surface area contributed by atoms with E-state index in [4.69, 9.17) is 8.83 Å². The van der Waals surface area contributed by atoms with E-state index in [1.54, 1.807) is 0 Å². The van der Waals surface area contributed by atoms with Crippen LogP contribution in [-0.4, -0.2) is 0 Å². The SMILES string of the molecule is CC1(C)c2ccccc2N(c2cc(C#N)c3cc(N4c5ccccc5C(C)(C)c5cc6c(cc54)oc4ccccc46)cc(C#N)c3c2)c2cc3oc4ccccc4c3cc21. The largest absolute Gasteiger partial charge is 0.456 e. The number of para-hydroxylation sites is 4. The zero-order valence-electron chi connectivity index (χ0n) is 33.5. The van der Waals surface area contributed by atoms with Gasteiger partial charge in [-0.05, 0) is 82.9 Å². The smallest absolute Gasteiger partial charge is 0.137 e. The van der Waals surface area contributed by atoms with E-state index in [0.717, 1.165) is 89.1 Å². The fraction of sp³-hybridized carbons (Fsp3) is 0.111. The van der Waals surface area contributed by atoms with Crippen molar-refractivity contribution in [1.82, 2.24) is 0 Å². The summed E-state index contributed by atoms with van der Waals surface area (Å²) in [6, 6.07) is 55.2. The van der Waals surface area contributed by atoms with Crippen LogP contribution in [0.4, 0.5) is 34.1 Å². The Kier molecular flexibility index (Phi) is 6.79. The molecule has 0 amide bonds. The van der Waals surface area contributed by atoms with Gasteiger partial charge in [0.25, 0.3) is 0 Å². The molecule has 0 unspecified atom stereocenters. The lowest BCUT2D eigenvalue weighted by atomic mass is 9.73. The summed E-state index contributed by atoms with van der Waals surface area (Å²) in [5.41, 5.74) is 13.8. The molecule has 60 heavy (non-hydrogen) atoms. The molecular formula is C54H36N4O2. The Bertz CT molecular complexity index is 3370. The molecule has 0 bridgehead atoms. The summed E-state index contributed by atoms with van der Waals surface area (Å²) in [4.78, 5) is 4.46. The zero-order valence-corrected chi connectivity index (χ0v) is 33.5. The number of fused-ring (bicyclic) bond motifs is 11. The number of benzene rings is 8. The molecule has 2 aliphatic rings. The lowest BCUT2D eigenvalue weighted by Gasteiger charge is -2.42. The Labute approximate surface area is 346 Å². The molecular weight excluding hydrogens is 737 g/mol. The molecule has 8 aromatic carbocycles. The molecule has 0 spiro atoms. The Morgan fingerprint density at radius 2 is 0.783 bits per heavy atom. The van der Waals surface area contributed by atoms with Gasteiger partial charge < -0.3 is 18.6 Å². The molecule has 2 aliphatic heterocycles. The minimum Gasteiger partial charge on any atom is -0.456 e. The normalized spacial score (nSPS) is 14.8. The van der Waals surface area contributed by atoms with Gasteiger partial charge in [-0.25, -0.2) is 0 Å². The first-order chi connectivity index (χ1) is 29.1.